The van der Waals surface area contributed by atoms with Crippen LogP contribution in [0.3, 0.4) is 0 Å². The number of hydrogen-bond donors (Lipinski definition) is 2. The summed E-state index contributed by atoms with van der Waals surface area (Å²) in [5.41, 5.74) is 1.53. The third kappa shape index (κ3) is 13.1. The van der Waals surface area contributed by atoms with Gasteiger partial charge >= 0.3 is 24.0 Å². The second kappa shape index (κ2) is 18.6. The van der Waals surface area contributed by atoms with Crippen LogP contribution in [-0.4, -0.2) is 46.9 Å². The SMILES string of the molecule is CC(C)(C)OC(=O)/C=C/c1ccc(OCc2ccccc2)c(OCCCc2cc(NC(=O)OC(C)(C)C)ccc2C(=O)OCc2ccccc2)c1C(=O)O. The Morgan fingerprint density at radius 2 is 1.37 bits per heavy atom. The van der Waals surface area contributed by atoms with Gasteiger partial charge in [0.15, 0.2) is 11.5 Å². The largest absolute Gasteiger partial charge is 0.489 e. The number of benzene rings is 4. The number of amides is 1. The molecule has 284 valence electrons. The van der Waals surface area contributed by atoms with Crippen molar-refractivity contribution < 1.29 is 48.0 Å². The number of carbonyl (C=O) groups excluding carboxylic acids is 3. The van der Waals surface area contributed by atoms with E-state index in [1.165, 1.54) is 12.1 Å². The predicted octanol–water partition coefficient (Wildman–Crippen LogP) is 9.03. The van der Waals surface area contributed by atoms with Gasteiger partial charge in [-0.25, -0.2) is 19.2 Å². The Morgan fingerprint density at radius 3 is 1.98 bits per heavy atom. The standard InChI is InChI=1S/C43H47NO10/c1-42(2,3)53-36(45)24-20-31-19-23-35(51-27-29-14-9-7-10-15-29)38(37(31)39(46)47)50-25-13-18-32-26-33(44-41(49)54-43(4,5)6)21-22-34(32)40(48)52-28-30-16-11-8-12-17-30/h7-12,14-17,19-24,26H,13,18,25,27-28H2,1-6H3,(H,44,49)(H,46,47)/b24-20+. The number of anilines is 1. The minimum atomic E-state index is -1.29. The van der Waals surface area contributed by atoms with Crippen LogP contribution >= 0.6 is 0 Å². The summed E-state index contributed by atoms with van der Waals surface area (Å²) in [7, 11) is 0. The van der Waals surface area contributed by atoms with Gasteiger partial charge in [0.25, 0.3) is 0 Å². The van der Waals surface area contributed by atoms with Gasteiger partial charge in [0.2, 0.25) is 0 Å². The van der Waals surface area contributed by atoms with Crippen molar-refractivity contribution in [3.63, 3.8) is 0 Å². The minimum absolute atomic E-state index is 0.0173. The summed E-state index contributed by atoms with van der Waals surface area (Å²) in [5.74, 6) is -2.30. The van der Waals surface area contributed by atoms with Crippen LogP contribution in [0, 0.1) is 0 Å². The van der Waals surface area contributed by atoms with Crippen LogP contribution in [0.1, 0.15) is 90.9 Å². The molecule has 1 amide bonds. The fourth-order valence-corrected chi connectivity index (χ4v) is 5.16. The van der Waals surface area contributed by atoms with Gasteiger partial charge in [0.1, 0.15) is 30.0 Å². The summed E-state index contributed by atoms with van der Waals surface area (Å²) >= 11 is 0. The first kappa shape index (κ1) is 40.7. The molecular weight excluding hydrogens is 690 g/mol. The highest BCUT2D eigenvalue weighted by atomic mass is 16.6. The Labute approximate surface area is 315 Å². The lowest BCUT2D eigenvalue weighted by Gasteiger charge is -2.20. The number of rotatable bonds is 15. The van der Waals surface area contributed by atoms with Crippen molar-refractivity contribution in [3.8, 4) is 11.5 Å². The van der Waals surface area contributed by atoms with Gasteiger partial charge < -0.3 is 28.8 Å². The highest BCUT2D eigenvalue weighted by Gasteiger charge is 2.23. The van der Waals surface area contributed by atoms with Crippen LogP contribution in [0.15, 0.2) is 97.1 Å². The van der Waals surface area contributed by atoms with Gasteiger partial charge in [-0.3, -0.25) is 5.32 Å². The molecule has 11 nitrogen and oxygen atoms in total. The molecule has 0 bridgehead atoms. The molecule has 4 aromatic rings. The van der Waals surface area contributed by atoms with Crippen molar-refractivity contribution in [2.24, 2.45) is 0 Å². The van der Waals surface area contributed by atoms with E-state index in [9.17, 15) is 24.3 Å². The van der Waals surface area contributed by atoms with E-state index in [1.807, 2.05) is 60.7 Å². The van der Waals surface area contributed by atoms with Crippen molar-refractivity contribution >= 4 is 35.8 Å². The summed E-state index contributed by atoms with van der Waals surface area (Å²) in [4.78, 5) is 51.0. The maximum atomic E-state index is 13.3. The first-order valence-electron chi connectivity index (χ1n) is 17.5. The first-order valence-corrected chi connectivity index (χ1v) is 17.5. The fraction of sp³-hybridized carbons (Fsp3) is 0.302. The summed E-state index contributed by atoms with van der Waals surface area (Å²) in [6.45, 7) is 10.7. The molecule has 0 atom stereocenters. The first-order chi connectivity index (χ1) is 25.6. The van der Waals surface area contributed by atoms with E-state index in [1.54, 1.807) is 65.8 Å². The molecule has 2 N–H and O–H groups in total. The molecule has 0 aromatic heterocycles. The molecule has 0 radical (unpaired) electrons. The van der Waals surface area contributed by atoms with Gasteiger partial charge in [-0.1, -0.05) is 66.7 Å². The lowest BCUT2D eigenvalue weighted by Crippen LogP contribution is -2.27. The number of ether oxygens (including phenoxy) is 5. The Morgan fingerprint density at radius 1 is 0.741 bits per heavy atom. The average molecular weight is 738 g/mol. The van der Waals surface area contributed by atoms with E-state index in [2.05, 4.69) is 5.32 Å². The van der Waals surface area contributed by atoms with E-state index in [0.29, 0.717) is 29.7 Å². The zero-order valence-corrected chi connectivity index (χ0v) is 31.5. The second-order valence-electron chi connectivity index (χ2n) is 14.3. The third-order valence-corrected chi connectivity index (χ3v) is 7.43. The predicted molar refractivity (Wildman–Crippen MR) is 205 cm³/mol. The Kier molecular flexibility index (Phi) is 14.0. The summed E-state index contributed by atoms with van der Waals surface area (Å²) in [6.07, 6.45) is 2.49. The smallest absolute Gasteiger partial charge is 0.412 e. The molecule has 0 saturated carbocycles. The number of esters is 2. The number of hydrogen-bond acceptors (Lipinski definition) is 9. The molecule has 0 fully saturated rings. The van der Waals surface area contributed by atoms with Crippen LogP contribution in [0.5, 0.6) is 11.5 Å². The van der Waals surface area contributed by atoms with E-state index < -0.39 is 35.2 Å². The van der Waals surface area contributed by atoms with Crippen molar-refractivity contribution in [1.82, 2.24) is 0 Å². The zero-order valence-electron chi connectivity index (χ0n) is 31.5. The van der Waals surface area contributed by atoms with Gasteiger partial charge in [-0.15, -0.1) is 0 Å². The van der Waals surface area contributed by atoms with Crippen molar-refractivity contribution in [2.75, 3.05) is 11.9 Å². The molecule has 4 rings (SSSR count). The Hall–Kier alpha value is -6.10. The lowest BCUT2D eigenvalue weighted by molar-refractivity contribution is -0.148. The topological polar surface area (TPSA) is 147 Å². The molecule has 0 aliphatic carbocycles. The van der Waals surface area contributed by atoms with Gasteiger partial charge in [-0.05, 0) is 107 Å². The average Bonchev–Trinajstić information content (AvgIpc) is 3.10. The quantitative estimate of drug-likeness (QED) is 0.0524. The van der Waals surface area contributed by atoms with Crippen molar-refractivity contribution in [1.29, 1.82) is 0 Å². The number of carboxylic acids is 1. The Balaban J connectivity index is 1.59. The molecule has 11 heteroatoms. The maximum absolute atomic E-state index is 13.3. The molecule has 4 aromatic carbocycles. The Bertz CT molecular complexity index is 1940. The lowest BCUT2D eigenvalue weighted by atomic mass is 10.0. The van der Waals surface area contributed by atoms with Crippen LogP contribution in [0.25, 0.3) is 6.08 Å². The molecule has 54 heavy (non-hydrogen) atoms. The third-order valence-electron chi connectivity index (χ3n) is 7.43. The maximum Gasteiger partial charge on any atom is 0.412 e. The van der Waals surface area contributed by atoms with Crippen LogP contribution in [-0.2, 0) is 38.6 Å². The van der Waals surface area contributed by atoms with Crippen molar-refractivity contribution in [2.45, 2.75) is 78.8 Å². The van der Waals surface area contributed by atoms with Crippen LogP contribution < -0.4 is 14.8 Å². The summed E-state index contributed by atoms with van der Waals surface area (Å²) < 4.78 is 28.6. The number of aryl methyl sites for hydroxylation is 1. The molecule has 0 saturated heterocycles. The van der Waals surface area contributed by atoms with E-state index in [0.717, 1.165) is 17.2 Å². The summed E-state index contributed by atoms with van der Waals surface area (Å²) in [5, 5.41) is 13.1. The van der Waals surface area contributed by atoms with Crippen LogP contribution in [0.2, 0.25) is 0 Å². The van der Waals surface area contributed by atoms with Crippen molar-refractivity contribution in [3.05, 3.63) is 130 Å². The van der Waals surface area contributed by atoms with Crippen LogP contribution in [0.4, 0.5) is 10.5 Å². The molecular formula is C43H47NO10. The van der Waals surface area contributed by atoms with E-state index in [4.69, 9.17) is 23.7 Å². The van der Waals surface area contributed by atoms with E-state index >= 15 is 0 Å². The van der Waals surface area contributed by atoms with E-state index in [-0.39, 0.29) is 42.4 Å². The number of carbonyl (C=O) groups is 4. The van der Waals surface area contributed by atoms with Gasteiger partial charge in [0.05, 0.1) is 12.2 Å². The molecule has 0 unspecified atom stereocenters. The molecule has 0 heterocycles. The number of aromatic carboxylic acids is 1. The summed E-state index contributed by atoms with van der Waals surface area (Å²) in [6, 6.07) is 26.6. The molecule has 0 spiro atoms. The fourth-order valence-electron chi connectivity index (χ4n) is 5.16. The zero-order chi connectivity index (χ0) is 39.3. The normalized spacial score (nSPS) is 11.4. The number of carboxylic acid groups (broad SMARTS) is 1. The second-order valence-corrected chi connectivity index (χ2v) is 14.3. The monoisotopic (exact) mass is 737 g/mol. The highest BCUT2D eigenvalue weighted by molar-refractivity contribution is 5.98. The number of nitrogens with one attached hydrogen (secondary N) is 1. The highest BCUT2D eigenvalue weighted by Crippen LogP contribution is 2.36. The van der Waals surface area contributed by atoms with Gasteiger partial charge in [0, 0.05) is 11.8 Å². The molecule has 0 aliphatic heterocycles. The van der Waals surface area contributed by atoms with Gasteiger partial charge in [-0.2, -0.15) is 0 Å². The minimum Gasteiger partial charge on any atom is -0.489 e. The molecule has 0 aliphatic rings.